The maximum atomic E-state index is 6.21. The molecule has 0 amide bonds. The van der Waals surface area contributed by atoms with Crippen LogP contribution in [0.1, 0.15) is 25.8 Å². The van der Waals surface area contributed by atoms with Crippen molar-refractivity contribution in [1.82, 2.24) is 4.90 Å². The Morgan fingerprint density at radius 1 is 1.32 bits per heavy atom. The molecule has 4 heteroatoms. The quantitative estimate of drug-likeness (QED) is 0.924. The number of halogens is 2. The zero-order valence-electron chi connectivity index (χ0n) is 11.6. The number of rotatable bonds is 3. The highest BCUT2D eigenvalue weighted by Crippen LogP contribution is 2.25. The third-order valence-corrected chi connectivity index (χ3v) is 5.03. The van der Waals surface area contributed by atoms with Gasteiger partial charge >= 0.3 is 0 Å². The van der Waals surface area contributed by atoms with Gasteiger partial charge in [0.15, 0.2) is 0 Å². The minimum absolute atomic E-state index is 0.338. The van der Waals surface area contributed by atoms with Crippen LogP contribution >= 0.6 is 23.2 Å². The molecular formula is C15H22Cl2N2. The van der Waals surface area contributed by atoms with E-state index in [-0.39, 0.29) is 0 Å². The van der Waals surface area contributed by atoms with Crippen molar-refractivity contribution in [3.05, 3.63) is 33.8 Å². The van der Waals surface area contributed by atoms with E-state index < -0.39 is 0 Å². The zero-order chi connectivity index (χ0) is 14.0. The van der Waals surface area contributed by atoms with Crippen LogP contribution in [0.4, 0.5) is 0 Å². The van der Waals surface area contributed by atoms with Crippen LogP contribution in [0, 0.1) is 5.92 Å². The van der Waals surface area contributed by atoms with Crippen LogP contribution in [0.15, 0.2) is 18.2 Å². The maximum absolute atomic E-state index is 6.21. The maximum Gasteiger partial charge on any atom is 0.0453 e. The number of nitrogens with two attached hydrogens (primary N) is 1. The average molecular weight is 301 g/mol. The van der Waals surface area contributed by atoms with Crippen molar-refractivity contribution in [2.24, 2.45) is 11.7 Å². The summed E-state index contributed by atoms with van der Waals surface area (Å²) in [5, 5.41) is 1.46. The van der Waals surface area contributed by atoms with Crippen LogP contribution in [0.25, 0.3) is 0 Å². The minimum atomic E-state index is 0.338. The summed E-state index contributed by atoms with van der Waals surface area (Å²) in [5.41, 5.74) is 7.28. The second-order valence-corrected chi connectivity index (χ2v) is 6.42. The average Bonchev–Trinajstić information content (AvgIpc) is 2.37. The van der Waals surface area contributed by atoms with Gasteiger partial charge in [0.05, 0.1) is 0 Å². The van der Waals surface area contributed by atoms with E-state index in [9.17, 15) is 0 Å². The molecule has 1 aromatic rings. The Morgan fingerprint density at radius 3 is 2.74 bits per heavy atom. The lowest BCUT2D eigenvalue weighted by molar-refractivity contribution is 0.0993. The van der Waals surface area contributed by atoms with Crippen molar-refractivity contribution in [3.63, 3.8) is 0 Å². The molecule has 0 aliphatic carbocycles. The number of likely N-dealkylation sites (tertiary alicyclic amines) is 1. The SMILES string of the molecule is CC1C(N)CCN(CCc2ccc(Cl)cc2Cl)C1C. The summed E-state index contributed by atoms with van der Waals surface area (Å²) in [6.45, 7) is 6.63. The van der Waals surface area contributed by atoms with Crippen molar-refractivity contribution in [2.75, 3.05) is 13.1 Å². The summed E-state index contributed by atoms with van der Waals surface area (Å²) in [6.07, 6.45) is 2.04. The summed E-state index contributed by atoms with van der Waals surface area (Å²) < 4.78 is 0. The molecule has 2 N–H and O–H groups in total. The van der Waals surface area contributed by atoms with E-state index >= 15 is 0 Å². The van der Waals surface area contributed by atoms with Crippen molar-refractivity contribution in [3.8, 4) is 0 Å². The molecule has 1 aliphatic rings. The van der Waals surface area contributed by atoms with Crippen molar-refractivity contribution >= 4 is 23.2 Å². The molecule has 0 radical (unpaired) electrons. The second kappa shape index (κ2) is 6.45. The van der Waals surface area contributed by atoms with E-state index in [1.165, 1.54) is 5.56 Å². The largest absolute Gasteiger partial charge is 0.327 e. The van der Waals surface area contributed by atoms with Crippen molar-refractivity contribution < 1.29 is 0 Å². The highest BCUT2D eigenvalue weighted by atomic mass is 35.5. The fraction of sp³-hybridized carbons (Fsp3) is 0.600. The summed E-state index contributed by atoms with van der Waals surface area (Å²) in [4.78, 5) is 2.51. The summed E-state index contributed by atoms with van der Waals surface area (Å²) in [6, 6.07) is 6.62. The molecular weight excluding hydrogens is 279 g/mol. The molecule has 1 aliphatic heterocycles. The standard InChI is InChI=1S/C15H22Cl2N2/c1-10-11(2)19(8-6-15(10)18)7-5-12-3-4-13(16)9-14(12)17/h3-4,9-11,15H,5-8,18H2,1-2H3. The lowest BCUT2D eigenvalue weighted by Gasteiger charge is -2.41. The Balaban J connectivity index is 1.95. The molecule has 2 rings (SSSR count). The van der Waals surface area contributed by atoms with Gasteiger partial charge in [-0.05, 0) is 49.9 Å². The van der Waals surface area contributed by atoms with Gasteiger partial charge in [0.2, 0.25) is 0 Å². The smallest absolute Gasteiger partial charge is 0.0453 e. The fourth-order valence-electron chi connectivity index (χ4n) is 2.78. The zero-order valence-corrected chi connectivity index (χ0v) is 13.1. The van der Waals surface area contributed by atoms with Crippen molar-refractivity contribution in [1.29, 1.82) is 0 Å². The van der Waals surface area contributed by atoms with Gasteiger partial charge < -0.3 is 5.73 Å². The summed E-state index contributed by atoms with van der Waals surface area (Å²) >= 11 is 12.1. The number of hydrogen-bond donors (Lipinski definition) is 1. The first kappa shape index (κ1) is 15.1. The molecule has 0 bridgehead atoms. The van der Waals surface area contributed by atoms with Crippen LogP contribution in [0.3, 0.4) is 0 Å². The van der Waals surface area contributed by atoms with Gasteiger partial charge in [0.1, 0.15) is 0 Å². The molecule has 1 saturated heterocycles. The van der Waals surface area contributed by atoms with Crippen LogP contribution in [0.5, 0.6) is 0 Å². The first-order valence-electron chi connectivity index (χ1n) is 6.92. The van der Waals surface area contributed by atoms with Gasteiger partial charge in [0, 0.05) is 28.7 Å². The molecule has 2 nitrogen and oxygen atoms in total. The molecule has 106 valence electrons. The Hall–Kier alpha value is -0.280. The van der Waals surface area contributed by atoms with E-state index in [1.807, 2.05) is 18.2 Å². The molecule has 0 saturated carbocycles. The first-order chi connectivity index (χ1) is 8.99. The van der Waals surface area contributed by atoms with Crippen LogP contribution < -0.4 is 5.73 Å². The predicted molar refractivity (Wildman–Crippen MR) is 83.0 cm³/mol. The normalized spacial score (nSPS) is 28.6. The number of nitrogens with zero attached hydrogens (tertiary/aromatic N) is 1. The fourth-order valence-corrected chi connectivity index (χ4v) is 3.28. The molecule has 1 aromatic carbocycles. The Kier molecular flexibility index (Phi) is 5.13. The molecule has 3 atom stereocenters. The van der Waals surface area contributed by atoms with E-state index in [2.05, 4.69) is 18.7 Å². The van der Waals surface area contributed by atoms with E-state index in [1.54, 1.807) is 0 Å². The van der Waals surface area contributed by atoms with Gasteiger partial charge in [-0.3, -0.25) is 4.90 Å². The second-order valence-electron chi connectivity index (χ2n) is 5.57. The van der Waals surface area contributed by atoms with Gasteiger partial charge in [-0.25, -0.2) is 0 Å². The third-order valence-electron chi connectivity index (χ3n) is 4.45. The Labute approximate surface area is 125 Å². The summed E-state index contributed by atoms with van der Waals surface area (Å²) in [7, 11) is 0. The topological polar surface area (TPSA) is 29.3 Å². The number of benzene rings is 1. The molecule has 0 aromatic heterocycles. The number of hydrogen-bond acceptors (Lipinski definition) is 2. The third kappa shape index (κ3) is 3.63. The van der Waals surface area contributed by atoms with Crippen molar-refractivity contribution in [2.45, 2.75) is 38.8 Å². The van der Waals surface area contributed by atoms with Crippen LogP contribution in [-0.4, -0.2) is 30.1 Å². The highest BCUT2D eigenvalue weighted by Gasteiger charge is 2.29. The minimum Gasteiger partial charge on any atom is -0.327 e. The monoisotopic (exact) mass is 300 g/mol. The number of piperidine rings is 1. The van der Waals surface area contributed by atoms with E-state index in [0.29, 0.717) is 23.0 Å². The highest BCUT2D eigenvalue weighted by molar-refractivity contribution is 6.35. The lowest BCUT2D eigenvalue weighted by Crippen LogP contribution is -2.52. The molecule has 0 spiro atoms. The van der Waals surface area contributed by atoms with Gasteiger partial charge in [-0.1, -0.05) is 36.2 Å². The van der Waals surface area contributed by atoms with E-state index in [0.717, 1.165) is 31.0 Å². The van der Waals surface area contributed by atoms with Gasteiger partial charge in [0.25, 0.3) is 0 Å². The van der Waals surface area contributed by atoms with E-state index in [4.69, 9.17) is 28.9 Å². The lowest BCUT2D eigenvalue weighted by atomic mass is 9.87. The summed E-state index contributed by atoms with van der Waals surface area (Å²) in [5.74, 6) is 0.550. The Bertz CT molecular complexity index is 436. The van der Waals surface area contributed by atoms with Gasteiger partial charge in [-0.15, -0.1) is 0 Å². The Morgan fingerprint density at radius 2 is 2.05 bits per heavy atom. The molecule has 1 fully saturated rings. The molecule has 1 heterocycles. The van der Waals surface area contributed by atoms with Crippen LogP contribution in [-0.2, 0) is 6.42 Å². The predicted octanol–water partition coefficient (Wildman–Crippen LogP) is 3.59. The van der Waals surface area contributed by atoms with Gasteiger partial charge in [-0.2, -0.15) is 0 Å². The first-order valence-corrected chi connectivity index (χ1v) is 7.68. The molecule has 3 unspecified atom stereocenters. The van der Waals surface area contributed by atoms with Crippen LogP contribution in [0.2, 0.25) is 10.0 Å². The molecule has 19 heavy (non-hydrogen) atoms.